The molecule has 0 aliphatic heterocycles. The van der Waals surface area contributed by atoms with E-state index in [1.165, 1.54) is 31.5 Å². The molecule has 0 unspecified atom stereocenters. The van der Waals surface area contributed by atoms with E-state index in [0.717, 1.165) is 0 Å². The molecule has 0 radical (unpaired) electrons. The molecule has 2 rings (SSSR count). The van der Waals surface area contributed by atoms with Crippen LogP contribution in [-0.2, 0) is 0 Å². The van der Waals surface area contributed by atoms with Crippen LogP contribution >= 0.6 is 0 Å². The molecule has 4 heteroatoms. The van der Waals surface area contributed by atoms with Gasteiger partial charge in [-0.2, -0.15) is 0 Å². The SMILES string of the molecule is CC(=O)c1ncc2cc(F)ccn12. The Balaban J connectivity index is 2.76. The molecule has 0 saturated carbocycles. The van der Waals surface area contributed by atoms with Gasteiger partial charge in [0.2, 0.25) is 0 Å². The summed E-state index contributed by atoms with van der Waals surface area (Å²) in [6.45, 7) is 1.43. The highest BCUT2D eigenvalue weighted by Crippen LogP contribution is 2.08. The van der Waals surface area contributed by atoms with Crippen LogP contribution in [0.15, 0.2) is 24.5 Å². The lowest BCUT2D eigenvalue weighted by Gasteiger charge is -1.96. The van der Waals surface area contributed by atoms with E-state index in [1.807, 2.05) is 0 Å². The Morgan fingerprint density at radius 3 is 3.08 bits per heavy atom. The Hall–Kier alpha value is -1.71. The maximum atomic E-state index is 12.7. The molecular formula is C9H7FN2O. The van der Waals surface area contributed by atoms with Crippen molar-refractivity contribution in [1.29, 1.82) is 0 Å². The summed E-state index contributed by atoms with van der Waals surface area (Å²) in [5.41, 5.74) is 0.588. The van der Waals surface area contributed by atoms with Crippen molar-refractivity contribution in [2.75, 3.05) is 0 Å². The molecule has 2 aromatic heterocycles. The summed E-state index contributed by atoms with van der Waals surface area (Å²) in [4.78, 5) is 14.9. The number of hydrogen-bond acceptors (Lipinski definition) is 2. The van der Waals surface area contributed by atoms with Crippen molar-refractivity contribution in [2.24, 2.45) is 0 Å². The Labute approximate surface area is 73.8 Å². The van der Waals surface area contributed by atoms with E-state index in [0.29, 0.717) is 11.3 Å². The second kappa shape index (κ2) is 2.65. The minimum Gasteiger partial charge on any atom is -0.297 e. The van der Waals surface area contributed by atoms with Crippen LogP contribution in [0.3, 0.4) is 0 Å². The lowest BCUT2D eigenvalue weighted by molar-refractivity contribution is 0.100. The van der Waals surface area contributed by atoms with Crippen molar-refractivity contribution >= 4 is 11.3 Å². The molecular weight excluding hydrogens is 171 g/mol. The summed E-state index contributed by atoms with van der Waals surface area (Å²) in [6, 6.07) is 2.63. The van der Waals surface area contributed by atoms with Crippen molar-refractivity contribution in [2.45, 2.75) is 6.92 Å². The first-order valence-electron chi connectivity index (χ1n) is 3.82. The standard InChI is InChI=1S/C9H7FN2O/c1-6(13)9-11-5-8-4-7(10)2-3-12(8)9/h2-5H,1H3. The van der Waals surface area contributed by atoms with Gasteiger partial charge in [-0.25, -0.2) is 9.37 Å². The Kier molecular flexibility index (Phi) is 1.62. The van der Waals surface area contributed by atoms with Crippen LogP contribution in [-0.4, -0.2) is 15.2 Å². The lowest BCUT2D eigenvalue weighted by atomic mass is 10.4. The van der Waals surface area contributed by atoms with E-state index in [2.05, 4.69) is 4.98 Å². The number of rotatable bonds is 1. The average molecular weight is 178 g/mol. The van der Waals surface area contributed by atoms with Gasteiger partial charge in [-0.3, -0.25) is 9.20 Å². The molecule has 0 aromatic carbocycles. The molecule has 0 fully saturated rings. The number of pyridine rings is 1. The number of ketones is 1. The van der Waals surface area contributed by atoms with Crippen LogP contribution in [0.4, 0.5) is 4.39 Å². The van der Waals surface area contributed by atoms with Crippen LogP contribution in [0.1, 0.15) is 17.5 Å². The van der Waals surface area contributed by atoms with Gasteiger partial charge in [0.15, 0.2) is 11.6 Å². The fourth-order valence-electron chi connectivity index (χ4n) is 1.23. The summed E-state index contributed by atoms with van der Waals surface area (Å²) in [5.74, 6) is -0.135. The van der Waals surface area contributed by atoms with Crippen LogP contribution in [0.5, 0.6) is 0 Å². The van der Waals surface area contributed by atoms with Crippen molar-refractivity contribution in [3.63, 3.8) is 0 Å². The minimum absolute atomic E-state index is 0.133. The van der Waals surface area contributed by atoms with Crippen LogP contribution in [0.2, 0.25) is 0 Å². The van der Waals surface area contributed by atoms with Gasteiger partial charge in [-0.05, 0) is 12.1 Å². The Bertz CT molecular complexity index is 475. The largest absolute Gasteiger partial charge is 0.297 e. The van der Waals surface area contributed by atoms with Gasteiger partial charge in [0, 0.05) is 13.1 Å². The number of imidazole rings is 1. The number of fused-ring (bicyclic) bond motifs is 1. The number of aromatic nitrogens is 2. The van der Waals surface area contributed by atoms with Crippen LogP contribution < -0.4 is 0 Å². The molecule has 0 atom stereocenters. The molecule has 0 aliphatic rings. The van der Waals surface area contributed by atoms with E-state index in [9.17, 15) is 9.18 Å². The summed E-state index contributed by atoms with van der Waals surface area (Å²) < 4.78 is 14.3. The van der Waals surface area contributed by atoms with E-state index < -0.39 is 0 Å². The van der Waals surface area contributed by atoms with Gasteiger partial charge < -0.3 is 0 Å². The van der Waals surface area contributed by atoms with Crippen LogP contribution in [0, 0.1) is 5.82 Å². The molecule has 0 aliphatic carbocycles. The zero-order chi connectivity index (χ0) is 9.42. The van der Waals surface area contributed by atoms with Crippen molar-refractivity contribution < 1.29 is 9.18 Å². The predicted octanol–water partition coefficient (Wildman–Crippen LogP) is 1.68. The highest BCUT2D eigenvalue weighted by Gasteiger charge is 2.07. The second-order valence-electron chi connectivity index (χ2n) is 2.78. The summed E-state index contributed by atoms with van der Waals surface area (Å²) >= 11 is 0. The van der Waals surface area contributed by atoms with Crippen LogP contribution in [0.25, 0.3) is 5.52 Å². The Morgan fingerprint density at radius 2 is 2.38 bits per heavy atom. The summed E-state index contributed by atoms with van der Waals surface area (Å²) in [7, 11) is 0. The molecule has 0 bridgehead atoms. The number of halogens is 1. The van der Waals surface area contributed by atoms with Gasteiger partial charge in [0.1, 0.15) is 5.82 Å². The topological polar surface area (TPSA) is 34.4 Å². The van der Waals surface area contributed by atoms with E-state index >= 15 is 0 Å². The smallest absolute Gasteiger partial charge is 0.195 e. The number of Topliss-reactive ketones (excluding diaryl/α,β-unsaturated/α-hetero) is 1. The summed E-state index contributed by atoms with van der Waals surface area (Å²) in [5, 5.41) is 0. The molecule has 2 heterocycles. The zero-order valence-corrected chi connectivity index (χ0v) is 6.99. The van der Waals surface area contributed by atoms with Gasteiger partial charge in [-0.1, -0.05) is 0 Å². The second-order valence-corrected chi connectivity index (χ2v) is 2.78. The zero-order valence-electron chi connectivity index (χ0n) is 6.99. The predicted molar refractivity (Wildman–Crippen MR) is 45.2 cm³/mol. The fourth-order valence-corrected chi connectivity index (χ4v) is 1.23. The van der Waals surface area contributed by atoms with E-state index in [1.54, 1.807) is 4.40 Å². The summed E-state index contributed by atoms with van der Waals surface area (Å²) in [6.07, 6.45) is 2.97. The maximum absolute atomic E-state index is 12.7. The molecule has 13 heavy (non-hydrogen) atoms. The number of hydrogen-bond donors (Lipinski definition) is 0. The number of nitrogens with zero attached hydrogens (tertiary/aromatic N) is 2. The third-order valence-corrected chi connectivity index (χ3v) is 1.81. The monoisotopic (exact) mass is 178 g/mol. The number of carbonyl (C=O) groups excluding carboxylic acids is 1. The quantitative estimate of drug-likeness (QED) is 0.622. The molecule has 2 aromatic rings. The van der Waals surface area contributed by atoms with Gasteiger partial charge in [0.05, 0.1) is 11.7 Å². The molecule has 0 N–H and O–H groups in total. The number of carbonyl (C=O) groups is 1. The van der Waals surface area contributed by atoms with Gasteiger partial charge in [0.25, 0.3) is 0 Å². The van der Waals surface area contributed by atoms with Gasteiger partial charge >= 0.3 is 0 Å². The Morgan fingerprint density at radius 1 is 1.62 bits per heavy atom. The normalized spacial score (nSPS) is 10.6. The third kappa shape index (κ3) is 1.20. The lowest BCUT2D eigenvalue weighted by Crippen LogP contribution is -2.00. The maximum Gasteiger partial charge on any atom is 0.195 e. The van der Waals surface area contributed by atoms with E-state index in [-0.39, 0.29) is 11.6 Å². The van der Waals surface area contributed by atoms with Gasteiger partial charge in [-0.15, -0.1) is 0 Å². The van der Waals surface area contributed by atoms with Crippen molar-refractivity contribution in [3.05, 3.63) is 36.2 Å². The first-order chi connectivity index (χ1) is 6.18. The third-order valence-electron chi connectivity index (χ3n) is 1.81. The molecule has 0 saturated heterocycles. The first kappa shape index (κ1) is 7.91. The molecule has 66 valence electrons. The highest BCUT2D eigenvalue weighted by atomic mass is 19.1. The molecule has 3 nitrogen and oxygen atoms in total. The van der Waals surface area contributed by atoms with Crippen molar-refractivity contribution in [3.8, 4) is 0 Å². The molecule has 0 amide bonds. The van der Waals surface area contributed by atoms with Crippen molar-refractivity contribution in [1.82, 2.24) is 9.38 Å². The first-order valence-corrected chi connectivity index (χ1v) is 3.82. The average Bonchev–Trinajstić information content (AvgIpc) is 2.46. The minimum atomic E-state index is -0.331. The highest BCUT2D eigenvalue weighted by molar-refractivity contribution is 5.91. The molecule has 0 spiro atoms. The fraction of sp³-hybridized carbons (Fsp3) is 0.111. The van der Waals surface area contributed by atoms with E-state index in [4.69, 9.17) is 0 Å².